The molecule has 1 heterocycles. The van der Waals surface area contributed by atoms with Crippen LogP contribution in [0.2, 0.25) is 0 Å². The summed E-state index contributed by atoms with van der Waals surface area (Å²) in [7, 11) is 0. The number of amides is 2. The molecule has 0 aliphatic carbocycles. The number of carboxylic acid groups (broad SMARTS) is 1. The molecule has 3 rings (SSSR count). The zero-order chi connectivity index (χ0) is 22.3. The molecule has 162 valence electrons. The van der Waals surface area contributed by atoms with E-state index in [1.165, 1.54) is 23.6 Å². The molecule has 1 atom stereocenters. The number of carbonyl (C=O) groups excluding carboxylic acids is 1. The van der Waals surface area contributed by atoms with Gasteiger partial charge in [-0.1, -0.05) is 24.3 Å². The van der Waals surface area contributed by atoms with E-state index in [4.69, 9.17) is 9.84 Å². The maximum Gasteiger partial charge on any atom is 0.405 e. The molecule has 2 aromatic carbocycles. The van der Waals surface area contributed by atoms with Crippen molar-refractivity contribution in [2.24, 2.45) is 0 Å². The van der Waals surface area contributed by atoms with E-state index in [2.05, 4.69) is 46.4 Å². The second-order valence-corrected chi connectivity index (χ2v) is 7.99. The summed E-state index contributed by atoms with van der Waals surface area (Å²) >= 11 is 1.68. The molecule has 0 aliphatic heterocycles. The predicted octanol–water partition coefficient (Wildman–Crippen LogP) is 3.99. The van der Waals surface area contributed by atoms with Gasteiger partial charge in [0, 0.05) is 12.1 Å². The molecule has 0 aliphatic rings. The van der Waals surface area contributed by atoms with Gasteiger partial charge in [0.15, 0.2) is 0 Å². The first-order valence-electron chi connectivity index (χ1n) is 9.67. The quantitative estimate of drug-likeness (QED) is 0.402. The first-order chi connectivity index (χ1) is 14.9. The minimum atomic E-state index is -1.64. The molecule has 0 saturated carbocycles. The molecular formula is C23H24N2O5S. The summed E-state index contributed by atoms with van der Waals surface area (Å²) < 4.78 is 5.77. The van der Waals surface area contributed by atoms with Gasteiger partial charge in [-0.15, -0.1) is 0 Å². The number of thiophene rings is 1. The monoisotopic (exact) mass is 440 g/mol. The minimum absolute atomic E-state index is 0.466. The summed E-state index contributed by atoms with van der Waals surface area (Å²) in [5.74, 6) is -0.00144. The number of hydrogen-bond acceptors (Lipinski definition) is 5. The average Bonchev–Trinajstić information content (AvgIpc) is 3.30. The van der Waals surface area contributed by atoms with Gasteiger partial charge in [-0.2, -0.15) is 11.3 Å². The van der Waals surface area contributed by atoms with Crippen molar-refractivity contribution in [2.75, 3.05) is 18.5 Å². The molecule has 0 unspecified atom stereocenters. The average molecular weight is 441 g/mol. The van der Waals surface area contributed by atoms with E-state index in [0.717, 1.165) is 6.42 Å². The van der Waals surface area contributed by atoms with Gasteiger partial charge >= 0.3 is 6.09 Å². The van der Waals surface area contributed by atoms with E-state index in [1.807, 2.05) is 5.32 Å². The maximum atomic E-state index is 12.3. The van der Waals surface area contributed by atoms with E-state index in [-0.39, 0.29) is 0 Å². The van der Waals surface area contributed by atoms with Gasteiger partial charge in [0.25, 0.3) is 5.91 Å². The van der Waals surface area contributed by atoms with Gasteiger partial charge in [0.05, 0.1) is 13.2 Å². The van der Waals surface area contributed by atoms with Crippen LogP contribution in [0.5, 0.6) is 5.75 Å². The van der Waals surface area contributed by atoms with E-state index >= 15 is 0 Å². The highest BCUT2D eigenvalue weighted by Gasteiger charge is 2.34. The Morgan fingerprint density at radius 2 is 1.74 bits per heavy atom. The van der Waals surface area contributed by atoms with Crippen LogP contribution in [0, 0.1) is 0 Å². The van der Waals surface area contributed by atoms with Crippen molar-refractivity contribution in [1.82, 2.24) is 5.32 Å². The van der Waals surface area contributed by atoms with E-state index in [1.54, 1.807) is 35.6 Å². The van der Waals surface area contributed by atoms with Crippen molar-refractivity contribution in [1.29, 1.82) is 0 Å². The zero-order valence-electron chi connectivity index (χ0n) is 17.0. The Labute approximate surface area is 184 Å². The number of nitrogens with one attached hydrogen (secondary N) is 2. The summed E-state index contributed by atoms with van der Waals surface area (Å²) in [6.07, 6.45) is -0.630. The van der Waals surface area contributed by atoms with E-state index in [0.29, 0.717) is 18.0 Å². The van der Waals surface area contributed by atoms with Crippen molar-refractivity contribution in [3.05, 3.63) is 70.9 Å². The standard InChI is InChI=1S/C23H24N2O5S/c1-23(15-26,25-22(28)29)21(27)24-19-6-8-20(9-7-19)30-12-10-16-2-4-17(5-3-16)18-11-13-31-14-18/h2-9,11,13-14,25-26H,10,12,15H2,1H3,(H,24,27)(H,28,29)/t23-/m0/s1. The molecule has 4 N–H and O–H groups in total. The third kappa shape index (κ3) is 6.07. The van der Waals surface area contributed by atoms with Crippen LogP contribution in [0.25, 0.3) is 11.1 Å². The van der Waals surface area contributed by atoms with Crippen LogP contribution in [0.3, 0.4) is 0 Å². The van der Waals surface area contributed by atoms with Crippen LogP contribution in [0.1, 0.15) is 12.5 Å². The Kier molecular flexibility index (Phi) is 7.28. The number of aliphatic hydroxyl groups excluding tert-OH is 1. The molecule has 3 aromatic rings. The van der Waals surface area contributed by atoms with E-state index in [9.17, 15) is 14.7 Å². The smallest absolute Gasteiger partial charge is 0.405 e. The number of benzene rings is 2. The highest BCUT2D eigenvalue weighted by atomic mass is 32.1. The van der Waals surface area contributed by atoms with Crippen LogP contribution in [-0.2, 0) is 11.2 Å². The van der Waals surface area contributed by atoms with Gasteiger partial charge in [-0.25, -0.2) is 4.79 Å². The SMILES string of the molecule is C[C@@](CO)(NC(=O)O)C(=O)Nc1ccc(OCCc2ccc(-c3ccsc3)cc2)cc1. The topological polar surface area (TPSA) is 108 Å². The normalized spacial score (nSPS) is 12.6. The molecule has 2 amide bonds. The Hall–Kier alpha value is -3.36. The Bertz CT molecular complexity index is 1000. The van der Waals surface area contributed by atoms with Crippen molar-refractivity contribution in [2.45, 2.75) is 18.9 Å². The molecule has 8 heteroatoms. The van der Waals surface area contributed by atoms with Gasteiger partial charge in [-0.3, -0.25) is 4.79 Å². The second kappa shape index (κ2) is 10.1. The van der Waals surface area contributed by atoms with Gasteiger partial charge in [0.2, 0.25) is 0 Å². The molecule has 0 radical (unpaired) electrons. The number of anilines is 1. The lowest BCUT2D eigenvalue weighted by molar-refractivity contribution is -0.123. The second-order valence-electron chi connectivity index (χ2n) is 7.21. The minimum Gasteiger partial charge on any atom is -0.493 e. The molecule has 0 saturated heterocycles. The Balaban J connectivity index is 1.49. The molecular weight excluding hydrogens is 416 g/mol. The number of carbonyl (C=O) groups is 2. The fourth-order valence-electron chi connectivity index (χ4n) is 2.89. The van der Waals surface area contributed by atoms with Crippen LogP contribution >= 0.6 is 11.3 Å². The largest absolute Gasteiger partial charge is 0.493 e. The summed E-state index contributed by atoms with van der Waals surface area (Å²) in [6, 6.07) is 17.2. The summed E-state index contributed by atoms with van der Waals surface area (Å²) in [4.78, 5) is 23.1. The zero-order valence-corrected chi connectivity index (χ0v) is 17.8. The molecule has 7 nitrogen and oxygen atoms in total. The summed E-state index contributed by atoms with van der Waals surface area (Å²) in [6.45, 7) is 1.15. The van der Waals surface area contributed by atoms with Gasteiger partial charge < -0.3 is 25.6 Å². The maximum absolute atomic E-state index is 12.3. The first-order valence-corrected chi connectivity index (χ1v) is 10.6. The lowest BCUT2D eigenvalue weighted by atomic mass is 10.0. The number of rotatable bonds is 9. The third-order valence-electron chi connectivity index (χ3n) is 4.78. The van der Waals surface area contributed by atoms with Gasteiger partial charge in [-0.05, 0) is 64.7 Å². The first kappa shape index (κ1) is 22.3. The Morgan fingerprint density at radius 3 is 2.32 bits per heavy atom. The van der Waals surface area contributed by atoms with Gasteiger partial charge in [0.1, 0.15) is 11.3 Å². The lowest BCUT2D eigenvalue weighted by Gasteiger charge is -2.25. The fraction of sp³-hybridized carbons (Fsp3) is 0.217. The molecule has 1 aromatic heterocycles. The summed E-state index contributed by atoms with van der Waals surface area (Å²) in [5.41, 5.74) is 2.42. The third-order valence-corrected chi connectivity index (χ3v) is 5.46. The van der Waals surface area contributed by atoms with Crippen LogP contribution in [0.15, 0.2) is 65.4 Å². The van der Waals surface area contributed by atoms with Crippen LogP contribution < -0.4 is 15.4 Å². The molecule has 0 spiro atoms. The lowest BCUT2D eigenvalue weighted by Crippen LogP contribution is -2.56. The van der Waals surface area contributed by atoms with Crippen LogP contribution in [0.4, 0.5) is 10.5 Å². The number of hydrogen-bond donors (Lipinski definition) is 4. The van der Waals surface area contributed by atoms with Crippen molar-refractivity contribution < 1.29 is 24.5 Å². The number of ether oxygens (including phenoxy) is 1. The molecule has 0 fully saturated rings. The molecule has 31 heavy (non-hydrogen) atoms. The number of aliphatic hydroxyl groups is 1. The van der Waals surface area contributed by atoms with Crippen molar-refractivity contribution in [3.8, 4) is 16.9 Å². The van der Waals surface area contributed by atoms with Crippen molar-refractivity contribution in [3.63, 3.8) is 0 Å². The summed E-state index contributed by atoms with van der Waals surface area (Å²) in [5, 5.41) is 27.0. The highest BCUT2D eigenvalue weighted by molar-refractivity contribution is 7.08. The van der Waals surface area contributed by atoms with Crippen molar-refractivity contribution >= 4 is 29.0 Å². The molecule has 0 bridgehead atoms. The Morgan fingerprint density at radius 1 is 1.03 bits per heavy atom. The van der Waals surface area contributed by atoms with E-state index < -0.39 is 24.1 Å². The fourth-order valence-corrected chi connectivity index (χ4v) is 3.55. The highest BCUT2D eigenvalue weighted by Crippen LogP contribution is 2.23. The predicted molar refractivity (Wildman–Crippen MR) is 121 cm³/mol. The van der Waals surface area contributed by atoms with Crippen LogP contribution in [-0.4, -0.2) is 41.0 Å².